The number of para-hydroxylation sites is 1. The Morgan fingerprint density at radius 1 is 1.35 bits per heavy atom. The first kappa shape index (κ1) is 16.5. The zero-order chi connectivity index (χ0) is 16.2. The van der Waals surface area contributed by atoms with E-state index in [1.165, 1.54) is 24.6 Å². The van der Waals surface area contributed by atoms with Crippen molar-refractivity contribution in [3.05, 3.63) is 34.7 Å². The van der Waals surface area contributed by atoms with E-state index in [4.69, 9.17) is 17.0 Å². The second-order valence-electron chi connectivity index (χ2n) is 5.88. The molecule has 1 saturated heterocycles. The van der Waals surface area contributed by atoms with E-state index < -0.39 is 0 Å². The van der Waals surface area contributed by atoms with Crippen LogP contribution >= 0.6 is 24.0 Å². The van der Waals surface area contributed by atoms with E-state index in [0.717, 1.165) is 30.6 Å². The lowest BCUT2D eigenvalue weighted by molar-refractivity contribution is -0.123. The fourth-order valence-corrected chi connectivity index (χ4v) is 4.43. The van der Waals surface area contributed by atoms with Gasteiger partial charge >= 0.3 is 0 Å². The molecule has 0 spiro atoms. The summed E-state index contributed by atoms with van der Waals surface area (Å²) in [5.41, 5.74) is 0.938. The number of rotatable bonds is 5. The van der Waals surface area contributed by atoms with E-state index in [-0.39, 0.29) is 5.91 Å². The number of carbonyl (C=O) groups is 1. The molecule has 1 aromatic rings. The summed E-state index contributed by atoms with van der Waals surface area (Å²) in [5.74, 6) is 0.873. The molecule has 0 atom stereocenters. The fraction of sp³-hybridized carbons (Fsp3) is 0.444. The number of benzene rings is 1. The SMILES string of the molecule is CCCOc1ccccc1/C=C1/SC(=S)N(C2CCCC2)C1=O. The molecule has 0 N–H and O–H groups in total. The van der Waals surface area contributed by atoms with E-state index in [1.54, 1.807) is 0 Å². The van der Waals surface area contributed by atoms with Gasteiger partial charge in [0.15, 0.2) is 0 Å². The van der Waals surface area contributed by atoms with Crippen molar-refractivity contribution in [2.24, 2.45) is 0 Å². The summed E-state index contributed by atoms with van der Waals surface area (Å²) in [6, 6.07) is 8.13. The highest BCUT2D eigenvalue weighted by Gasteiger charge is 2.38. The van der Waals surface area contributed by atoms with Gasteiger partial charge in [-0.05, 0) is 31.4 Å². The lowest BCUT2D eigenvalue weighted by atomic mass is 10.1. The fourth-order valence-electron chi connectivity index (χ4n) is 3.04. The van der Waals surface area contributed by atoms with E-state index in [9.17, 15) is 4.79 Å². The van der Waals surface area contributed by atoms with Crippen molar-refractivity contribution >= 4 is 40.3 Å². The first-order chi connectivity index (χ1) is 11.2. The van der Waals surface area contributed by atoms with Gasteiger partial charge in [-0.3, -0.25) is 9.69 Å². The summed E-state index contributed by atoms with van der Waals surface area (Å²) in [5, 5.41) is 0. The van der Waals surface area contributed by atoms with Gasteiger partial charge in [0, 0.05) is 11.6 Å². The van der Waals surface area contributed by atoms with E-state index in [0.29, 0.717) is 21.9 Å². The van der Waals surface area contributed by atoms with Crippen LogP contribution in [-0.2, 0) is 4.79 Å². The first-order valence-electron chi connectivity index (χ1n) is 8.19. The second-order valence-corrected chi connectivity index (χ2v) is 7.55. The maximum Gasteiger partial charge on any atom is 0.266 e. The van der Waals surface area contributed by atoms with Gasteiger partial charge in [0.05, 0.1) is 11.5 Å². The van der Waals surface area contributed by atoms with Gasteiger partial charge in [-0.25, -0.2) is 0 Å². The van der Waals surface area contributed by atoms with Gasteiger partial charge in [-0.15, -0.1) is 0 Å². The molecule has 1 amide bonds. The van der Waals surface area contributed by atoms with Crippen LogP contribution in [0.2, 0.25) is 0 Å². The van der Waals surface area contributed by atoms with Gasteiger partial charge in [-0.1, -0.05) is 61.9 Å². The Hall–Kier alpha value is -1.33. The third-order valence-corrected chi connectivity index (χ3v) is 5.51. The lowest BCUT2D eigenvalue weighted by Gasteiger charge is -2.21. The number of nitrogens with zero attached hydrogens (tertiary/aromatic N) is 1. The Morgan fingerprint density at radius 2 is 2.09 bits per heavy atom. The number of hydrogen-bond donors (Lipinski definition) is 0. The van der Waals surface area contributed by atoms with Crippen LogP contribution in [0.3, 0.4) is 0 Å². The molecule has 1 aliphatic carbocycles. The third-order valence-electron chi connectivity index (χ3n) is 4.18. The summed E-state index contributed by atoms with van der Waals surface area (Å²) in [6.45, 7) is 2.75. The largest absolute Gasteiger partial charge is 0.493 e. The number of hydrogen-bond acceptors (Lipinski definition) is 4. The van der Waals surface area contributed by atoms with Crippen molar-refractivity contribution in [2.45, 2.75) is 45.1 Å². The first-order valence-corrected chi connectivity index (χ1v) is 9.42. The van der Waals surface area contributed by atoms with Crippen molar-refractivity contribution in [3.8, 4) is 5.75 Å². The van der Waals surface area contributed by atoms with Crippen LogP contribution in [0.5, 0.6) is 5.75 Å². The van der Waals surface area contributed by atoms with Crippen LogP contribution in [0.15, 0.2) is 29.2 Å². The Balaban J connectivity index is 1.83. The molecular weight excluding hydrogens is 326 g/mol. The predicted molar refractivity (Wildman–Crippen MR) is 99.5 cm³/mol. The van der Waals surface area contributed by atoms with Gasteiger partial charge < -0.3 is 4.74 Å². The van der Waals surface area contributed by atoms with Crippen LogP contribution in [0.4, 0.5) is 0 Å². The molecule has 0 bridgehead atoms. The highest BCUT2D eigenvalue weighted by Crippen LogP contribution is 2.38. The van der Waals surface area contributed by atoms with Gasteiger partial charge in [-0.2, -0.15) is 0 Å². The van der Waals surface area contributed by atoms with Crippen LogP contribution in [-0.4, -0.2) is 27.8 Å². The molecule has 1 saturated carbocycles. The molecule has 1 heterocycles. The minimum atomic E-state index is 0.0530. The molecule has 1 aliphatic heterocycles. The molecule has 122 valence electrons. The predicted octanol–water partition coefficient (Wildman–Crippen LogP) is 4.62. The summed E-state index contributed by atoms with van der Waals surface area (Å²) >= 11 is 6.86. The van der Waals surface area contributed by atoms with Crippen LogP contribution in [0.25, 0.3) is 6.08 Å². The Kier molecular flexibility index (Phi) is 5.38. The standard InChI is InChI=1S/C18H21NO2S2/c1-2-11-21-15-10-6-3-7-13(15)12-16-17(20)19(18(22)23-16)14-8-4-5-9-14/h3,6-7,10,12,14H,2,4-5,8-9,11H2,1H3/b16-12+. The molecular formula is C18H21NO2S2. The molecule has 3 nitrogen and oxygen atoms in total. The van der Waals surface area contributed by atoms with Crippen molar-refractivity contribution < 1.29 is 9.53 Å². The van der Waals surface area contributed by atoms with E-state index in [1.807, 2.05) is 35.2 Å². The highest BCUT2D eigenvalue weighted by atomic mass is 32.2. The van der Waals surface area contributed by atoms with E-state index in [2.05, 4.69) is 6.92 Å². The molecule has 0 aromatic heterocycles. The zero-order valence-electron chi connectivity index (χ0n) is 13.3. The average molecular weight is 348 g/mol. The molecule has 0 radical (unpaired) electrons. The van der Waals surface area contributed by atoms with Crippen molar-refractivity contribution in [1.29, 1.82) is 0 Å². The smallest absolute Gasteiger partial charge is 0.266 e. The number of ether oxygens (including phenoxy) is 1. The molecule has 1 aromatic carbocycles. The number of carbonyl (C=O) groups excluding carboxylic acids is 1. The number of thiocarbonyl (C=S) groups is 1. The molecule has 0 unspecified atom stereocenters. The quantitative estimate of drug-likeness (QED) is 0.574. The van der Waals surface area contributed by atoms with Crippen molar-refractivity contribution in [2.75, 3.05) is 6.61 Å². The molecule has 5 heteroatoms. The van der Waals surface area contributed by atoms with Crippen LogP contribution in [0, 0.1) is 0 Å². The topological polar surface area (TPSA) is 29.5 Å². The average Bonchev–Trinajstić information content (AvgIpc) is 3.15. The van der Waals surface area contributed by atoms with E-state index >= 15 is 0 Å². The summed E-state index contributed by atoms with van der Waals surface area (Å²) in [7, 11) is 0. The minimum absolute atomic E-state index is 0.0530. The Bertz CT molecular complexity index is 636. The van der Waals surface area contributed by atoms with Crippen molar-refractivity contribution in [3.63, 3.8) is 0 Å². The number of thioether (sulfide) groups is 1. The lowest BCUT2D eigenvalue weighted by Crippen LogP contribution is -2.36. The van der Waals surface area contributed by atoms with Crippen molar-refractivity contribution in [1.82, 2.24) is 4.90 Å². The van der Waals surface area contributed by atoms with Crippen LogP contribution < -0.4 is 4.74 Å². The Labute approximate surface area is 147 Å². The molecule has 23 heavy (non-hydrogen) atoms. The van der Waals surface area contributed by atoms with Gasteiger partial charge in [0.2, 0.25) is 0 Å². The van der Waals surface area contributed by atoms with Gasteiger partial charge in [0.25, 0.3) is 5.91 Å². The summed E-state index contributed by atoms with van der Waals surface area (Å²) in [6.07, 6.45) is 7.38. The third kappa shape index (κ3) is 3.61. The second kappa shape index (κ2) is 7.49. The Morgan fingerprint density at radius 3 is 2.83 bits per heavy atom. The molecule has 2 fully saturated rings. The normalized spacial score (nSPS) is 20.7. The van der Waals surface area contributed by atoms with Crippen LogP contribution in [0.1, 0.15) is 44.6 Å². The summed E-state index contributed by atoms with van der Waals surface area (Å²) in [4.78, 5) is 15.3. The zero-order valence-corrected chi connectivity index (χ0v) is 14.9. The minimum Gasteiger partial charge on any atom is -0.493 e. The maximum absolute atomic E-state index is 12.7. The number of amides is 1. The monoisotopic (exact) mass is 347 g/mol. The summed E-state index contributed by atoms with van der Waals surface area (Å²) < 4.78 is 6.47. The van der Waals surface area contributed by atoms with Gasteiger partial charge in [0.1, 0.15) is 10.1 Å². The molecule has 3 rings (SSSR count). The highest BCUT2D eigenvalue weighted by molar-refractivity contribution is 8.26. The maximum atomic E-state index is 12.7. The molecule has 2 aliphatic rings.